The van der Waals surface area contributed by atoms with Crippen molar-refractivity contribution in [3.63, 3.8) is 0 Å². The molecule has 17 heteroatoms. The van der Waals surface area contributed by atoms with Gasteiger partial charge < -0.3 is 80.5 Å². The van der Waals surface area contributed by atoms with Crippen LogP contribution in [0, 0.1) is 0 Å². The Bertz CT molecular complexity index is 304. The van der Waals surface area contributed by atoms with E-state index in [1.807, 2.05) is 0 Å². The minimum atomic E-state index is -2.34. The fourth-order valence-electron chi connectivity index (χ4n) is 0. The molecule has 0 aliphatic rings. The predicted molar refractivity (Wildman–Crippen MR) is 52.9 cm³/mol. The molecular formula is C8H12O16Zr. The van der Waals surface area contributed by atoms with Crippen LogP contribution < -0.4 is 20.4 Å². The first-order valence-corrected chi connectivity index (χ1v) is 4.85. The van der Waals surface area contributed by atoms with Gasteiger partial charge in [0, 0.05) is 0 Å². The zero-order valence-corrected chi connectivity index (χ0v) is 14.1. The predicted octanol–water partition coefficient (Wildman–Crippen LogP) is -11.8. The fourth-order valence-corrected chi connectivity index (χ4v) is 0. The Hall–Kier alpha value is -1.56. The van der Waals surface area contributed by atoms with Gasteiger partial charge in [-0.2, -0.15) is 0 Å². The van der Waals surface area contributed by atoms with Crippen molar-refractivity contribution in [2.24, 2.45) is 0 Å². The monoisotopic (exact) mass is 454 g/mol. The zero-order valence-electron chi connectivity index (χ0n) is 11.7. The van der Waals surface area contributed by atoms with Crippen LogP contribution in [0.25, 0.3) is 0 Å². The molecule has 0 atom stereocenters. The summed E-state index contributed by atoms with van der Waals surface area (Å²) < 4.78 is 0. The van der Waals surface area contributed by atoms with Crippen molar-refractivity contribution in [1.82, 2.24) is 0 Å². The topological polar surface area (TPSA) is 322 Å². The van der Waals surface area contributed by atoms with E-state index in [4.69, 9.17) is 80.5 Å². The van der Waals surface area contributed by atoms with Gasteiger partial charge >= 0.3 is 26.2 Å². The number of carbonyl (C=O) groups excluding carboxylic acids is 4. The smallest absolute Gasteiger partial charge is 0.545 e. The number of aliphatic hydroxyl groups is 8. The second-order valence-electron chi connectivity index (χ2n) is 2.77. The Kier molecular flexibility index (Phi) is 28.4. The van der Waals surface area contributed by atoms with Crippen molar-refractivity contribution in [2.45, 2.75) is 25.2 Å². The van der Waals surface area contributed by atoms with Gasteiger partial charge in [-0.15, -0.1) is 0 Å². The second kappa shape index (κ2) is 20.5. The van der Waals surface area contributed by atoms with E-state index in [0.29, 0.717) is 0 Å². The van der Waals surface area contributed by atoms with Crippen LogP contribution in [0.2, 0.25) is 0 Å². The minimum Gasteiger partial charge on any atom is -0.545 e. The maximum Gasteiger partial charge on any atom is 4.00 e. The number of hydrogen-bond donors (Lipinski definition) is 8. The van der Waals surface area contributed by atoms with E-state index in [9.17, 15) is 0 Å². The van der Waals surface area contributed by atoms with E-state index in [-0.39, 0.29) is 26.2 Å². The van der Waals surface area contributed by atoms with Crippen molar-refractivity contribution in [3.8, 4) is 0 Å². The van der Waals surface area contributed by atoms with Crippen LogP contribution in [0.4, 0.5) is 0 Å². The number of carboxylic acid groups (broad SMARTS) is 4. The zero-order chi connectivity index (χ0) is 20.6. The van der Waals surface area contributed by atoms with Crippen molar-refractivity contribution in [1.29, 1.82) is 0 Å². The minimum absolute atomic E-state index is 0. The van der Waals surface area contributed by atoms with Crippen molar-refractivity contribution >= 4 is 23.9 Å². The summed E-state index contributed by atoms with van der Waals surface area (Å²) in [4.78, 5) is 36.4. The molecule has 0 unspecified atom stereocenters. The largest absolute Gasteiger partial charge is 4.00 e. The molecule has 0 aliphatic heterocycles. The molecule has 144 valence electrons. The quantitative estimate of drug-likeness (QED) is 0.182. The van der Waals surface area contributed by atoms with E-state index in [0.717, 1.165) is 0 Å². The molecule has 0 aromatic carbocycles. The Labute approximate surface area is 156 Å². The maximum absolute atomic E-state index is 9.09. The number of rotatable bonds is 4. The molecule has 0 fully saturated rings. The van der Waals surface area contributed by atoms with Gasteiger partial charge in [-0.1, -0.05) is 0 Å². The molecule has 0 saturated heterocycles. The van der Waals surface area contributed by atoms with Crippen LogP contribution in [-0.4, -0.2) is 89.9 Å². The molecule has 0 radical (unpaired) electrons. The Morgan fingerprint density at radius 1 is 0.440 bits per heavy atom. The molecule has 0 aromatic heterocycles. The summed E-state index contributed by atoms with van der Waals surface area (Å²) in [6.45, 7) is 0. The maximum atomic E-state index is 9.09. The number of carbonyl (C=O) groups is 4. The molecule has 25 heavy (non-hydrogen) atoms. The summed E-state index contributed by atoms with van der Waals surface area (Å²) in [6.07, 6.45) is -9.37. The SMILES string of the molecule is O=C([O-])C(O)O.O=C([O-])C(O)O.O=C([O-])C(O)O.O=C([O-])C(O)O.[Zr+4]. The second-order valence-corrected chi connectivity index (χ2v) is 2.77. The molecule has 0 saturated carbocycles. The molecule has 0 rings (SSSR count). The summed E-state index contributed by atoms with van der Waals surface area (Å²) in [6, 6.07) is 0. The van der Waals surface area contributed by atoms with Crippen LogP contribution in [0.15, 0.2) is 0 Å². The first-order valence-electron chi connectivity index (χ1n) is 4.85. The van der Waals surface area contributed by atoms with Gasteiger partial charge in [0.05, 0.1) is 23.9 Å². The van der Waals surface area contributed by atoms with E-state index in [2.05, 4.69) is 0 Å². The van der Waals surface area contributed by atoms with Gasteiger partial charge in [-0.05, 0) is 0 Å². The van der Waals surface area contributed by atoms with Crippen molar-refractivity contribution in [3.05, 3.63) is 0 Å². The first kappa shape index (κ1) is 34.7. The third-order valence-electron chi connectivity index (χ3n) is 0.843. The Balaban J connectivity index is -0.0000000702. The average molecular weight is 455 g/mol. The molecule has 0 spiro atoms. The number of aliphatic hydroxyl groups excluding tert-OH is 4. The van der Waals surface area contributed by atoms with Gasteiger partial charge in [0.2, 0.25) is 0 Å². The van der Waals surface area contributed by atoms with E-state index in [1.165, 1.54) is 0 Å². The van der Waals surface area contributed by atoms with Gasteiger partial charge in [-0.3, -0.25) is 0 Å². The van der Waals surface area contributed by atoms with Crippen LogP contribution in [0.3, 0.4) is 0 Å². The summed E-state index contributed by atoms with van der Waals surface area (Å²) >= 11 is 0. The fraction of sp³-hybridized carbons (Fsp3) is 0.500. The molecule has 0 aromatic rings. The van der Waals surface area contributed by atoms with Gasteiger partial charge in [-0.25, -0.2) is 0 Å². The van der Waals surface area contributed by atoms with Crippen LogP contribution in [0.5, 0.6) is 0 Å². The molecular weight excluding hydrogens is 443 g/mol. The molecule has 0 bridgehead atoms. The molecule has 8 N–H and O–H groups in total. The third kappa shape index (κ3) is 45.0. The molecule has 0 aliphatic carbocycles. The molecule has 0 amide bonds. The summed E-state index contributed by atoms with van der Waals surface area (Å²) in [5.41, 5.74) is 0. The third-order valence-corrected chi connectivity index (χ3v) is 0.843. The van der Waals surface area contributed by atoms with E-state index >= 15 is 0 Å². The molecule has 16 nitrogen and oxygen atoms in total. The first-order chi connectivity index (χ1) is 10.6. The van der Waals surface area contributed by atoms with Crippen LogP contribution >= 0.6 is 0 Å². The summed E-state index contributed by atoms with van der Waals surface area (Å²) in [5, 5.41) is 96.5. The molecule has 0 heterocycles. The van der Waals surface area contributed by atoms with Crippen molar-refractivity contribution in [2.75, 3.05) is 0 Å². The normalized spacial score (nSPS) is 8.80. The average Bonchev–Trinajstić information content (AvgIpc) is 2.40. The standard InChI is InChI=1S/4C2H4O4.Zr/c4*3-1(4)2(5)6;/h4*1,3-4H,(H,5,6);/q;;;;+4/p-4. The van der Waals surface area contributed by atoms with E-state index < -0.39 is 49.0 Å². The Morgan fingerprint density at radius 3 is 0.480 bits per heavy atom. The van der Waals surface area contributed by atoms with Gasteiger partial charge in [0.15, 0.2) is 25.2 Å². The van der Waals surface area contributed by atoms with E-state index in [1.54, 1.807) is 0 Å². The summed E-state index contributed by atoms with van der Waals surface area (Å²) in [7, 11) is 0. The Morgan fingerprint density at radius 2 is 0.480 bits per heavy atom. The summed E-state index contributed by atoms with van der Waals surface area (Å²) in [5.74, 6) is -7.52. The van der Waals surface area contributed by atoms with Crippen LogP contribution in [0.1, 0.15) is 0 Å². The number of hydrogen-bond acceptors (Lipinski definition) is 16. The van der Waals surface area contributed by atoms with Crippen LogP contribution in [-0.2, 0) is 45.4 Å². The van der Waals surface area contributed by atoms with Gasteiger partial charge in [0.1, 0.15) is 0 Å². The number of aliphatic carboxylic acids is 4. The van der Waals surface area contributed by atoms with Crippen molar-refractivity contribution < 1.29 is 107 Å². The van der Waals surface area contributed by atoms with Gasteiger partial charge in [0.25, 0.3) is 0 Å². The number of carboxylic acids is 4.